The molecule has 5 heteroatoms. The van der Waals surface area contributed by atoms with Gasteiger partial charge in [-0.1, -0.05) is 13.8 Å². The highest BCUT2D eigenvalue weighted by Gasteiger charge is 2.13. The van der Waals surface area contributed by atoms with Crippen molar-refractivity contribution < 1.29 is 4.79 Å². The van der Waals surface area contributed by atoms with Crippen LogP contribution >= 0.6 is 23.1 Å². The molecule has 0 spiro atoms. The number of carbonyl (C=O) groups is 1. The molecule has 0 aromatic carbocycles. The summed E-state index contributed by atoms with van der Waals surface area (Å²) >= 11 is 3.17. The third-order valence-corrected chi connectivity index (χ3v) is 3.48. The van der Waals surface area contributed by atoms with Crippen LogP contribution in [0.1, 0.15) is 24.3 Å². The van der Waals surface area contributed by atoms with Gasteiger partial charge in [0.15, 0.2) is 11.2 Å². The highest BCUT2D eigenvalue weighted by Crippen LogP contribution is 2.27. The highest BCUT2D eigenvalue weighted by molar-refractivity contribution is 7.99. The summed E-state index contributed by atoms with van der Waals surface area (Å²) in [6, 6.07) is 0. The summed E-state index contributed by atoms with van der Waals surface area (Å²) < 4.78 is 1.84. The van der Waals surface area contributed by atoms with Gasteiger partial charge in [-0.3, -0.25) is 9.20 Å². The van der Waals surface area contributed by atoms with Crippen LogP contribution in [0.15, 0.2) is 16.6 Å². The average molecular weight is 226 g/mol. The summed E-state index contributed by atoms with van der Waals surface area (Å²) in [7, 11) is 0. The number of rotatable bonds is 3. The van der Waals surface area contributed by atoms with Crippen LogP contribution in [-0.4, -0.2) is 20.9 Å². The van der Waals surface area contributed by atoms with Crippen LogP contribution in [0.4, 0.5) is 0 Å². The first kappa shape index (κ1) is 9.73. The van der Waals surface area contributed by atoms with E-state index >= 15 is 0 Å². The molecule has 0 aliphatic heterocycles. The molecule has 0 radical (unpaired) electrons. The lowest BCUT2D eigenvalue weighted by Gasteiger charge is -2.00. The Morgan fingerprint density at radius 1 is 1.64 bits per heavy atom. The average Bonchev–Trinajstić information content (AvgIpc) is 2.62. The second-order valence-corrected chi connectivity index (χ2v) is 5.58. The third-order valence-electron chi connectivity index (χ3n) is 1.72. The molecule has 2 rings (SSSR count). The molecule has 74 valence electrons. The smallest absolute Gasteiger partial charge is 0.195 e. The van der Waals surface area contributed by atoms with Crippen molar-refractivity contribution in [3.63, 3.8) is 0 Å². The van der Waals surface area contributed by atoms with Crippen molar-refractivity contribution in [2.75, 3.05) is 0 Å². The van der Waals surface area contributed by atoms with E-state index in [2.05, 4.69) is 18.8 Å². The van der Waals surface area contributed by atoms with E-state index in [4.69, 9.17) is 0 Å². The zero-order valence-corrected chi connectivity index (χ0v) is 9.56. The van der Waals surface area contributed by atoms with Crippen molar-refractivity contribution in [1.82, 2.24) is 9.38 Å². The Balaban J connectivity index is 2.52. The van der Waals surface area contributed by atoms with E-state index in [-0.39, 0.29) is 0 Å². The Morgan fingerprint density at radius 2 is 2.43 bits per heavy atom. The monoisotopic (exact) mass is 226 g/mol. The molecule has 0 atom stereocenters. The van der Waals surface area contributed by atoms with Gasteiger partial charge in [-0.05, 0) is 0 Å². The summed E-state index contributed by atoms with van der Waals surface area (Å²) in [6.45, 7) is 4.18. The fourth-order valence-corrected chi connectivity index (χ4v) is 2.83. The van der Waals surface area contributed by atoms with E-state index in [1.807, 2.05) is 16.0 Å². The molecule has 0 aliphatic rings. The molecule has 2 aromatic rings. The minimum absolute atomic E-state index is 0.443. The van der Waals surface area contributed by atoms with Crippen LogP contribution in [0.3, 0.4) is 0 Å². The lowest BCUT2D eigenvalue weighted by Crippen LogP contribution is -1.92. The second-order valence-electron chi connectivity index (χ2n) is 3.14. The summed E-state index contributed by atoms with van der Waals surface area (Å²) in [4.78, 5) is 16.2. The minimum atomic E-state index is 0.443. The molecule has 0 N–H and O–H groups in total. The number of fused-ring (bicyclic) bond motifs is 1. The van der Waals surface area contributed by atoms with Crippen LogP contribution < -0.4 is 0 Å². The van der Waals surface area contributed by atoms with Crippen molar-refractivity contribution in [3.05, 3.63) is 17.3 Å². The number of nitrogens with zero attached hydrogens (tertiary/aromatic N) is 2. The van der Waals surface area contributed by atoms with Gasteiger partial charge < -0.3 is 0 Å². The number of thiazole rings is 1. The molecule has 0 unspecified atom stereocenters. The summed E-state index contributed by atoms with van der Waals surface area (Å²) in [5, 5.41) is 3.21. The maximum Gasteiger partial charge on any atom is 0.195 e. The van der Waals surface area contributed by atoms with Crippen LogP contribution in [0.5, 0.6) is 0 Å². The predicted octanol–water partition coefficient (Wildman–Crippen LogP) is 2.71. The molecule has 0 fully saturated rings. The lowest BCUT2D eigenvalue weighted by molar-refractivity contribution is 0.111. The van der Waals surface area contributed by atoms with Gasteiger partial charge in [0.25, 0.3) is 0 Å². The van der Waals surface area contributed by atoms with Gasteiger partial charge in [-0.15, -0.1) is 23.1 Å². The maximum absolute atomic E-state index is 10.9. The van der Waals surface area contributed by atoms with Crippen molar-refractivity contribution in [3.8, 4) is 0 Å². The first-order valence-corrected chi connectivity index (χ1v) is 6.05. The van der Waals surface area contributed by atoms with Gasteiger partial charge in [0.1, 0.15) is 10.7 Å². The van der Waals surface area contributed by atoms with E-state index in [0.717, 1.165) is 16.3 Å². The van der Waals surface area contributed by atoms with E-state index in [1.165, 1.54) is 0 Å². The van der Waals surface area contributed by atoms with E-state index in [0.29, 0.717) is 10.9 Å². The molecule has 0 bridgehead atoms. The van der Waals surface area contributed by atoms with Crippen molar-refractivity contribution >= 4 is 34.3 Å². The van der Waals surface area contributed by atoms with Crippen LogP contribution in [0.2, 0.25) is 0 Å². The number of hydrogen-bond donors (Lipinski definition) is 0. The van der Waals surface area contributed by atoms with Gasteiger partial charge >= 0.3 is 0 Å². The fraction of sp³-hybridized carbons (Fsp3) is 0.333. The molecule has 14 heavy (non-hydrogen) atoms. The Bertz CT molecular complexity index is 458. The van der Waals surface area contributed by atoms with Crippen LogP contribution in [-0.2, 0) is 0 Å². The zero-order chi connectivity index (χ0) is 10.1. The maximum atomic E-state index is 10.9. The fourth-order valence-electron chi connectivity index (χ4n) is 1.20. The van der Waals surface area contributed by atoms with Gasteiger partial charge in [0.05, 0.1) is 0 Å². The largest absolute Gasteiger partial charge is 0.296 e. The Morgan fingerprint density at radius 3 is 3.07 bits per heavy atom. The minimum Gasteiger partial charge on any atom is -0.296 e. The van der Waals surface area contributed by atoms with Gasteiger partial charge in [-0.25, -0.2) is 4.98 Å². The van der Waals surface area contributed by atoms with Crippen LogP contribution in [0, 0.1) is 0 Å². The molecular weight excluding hydrogens is 216 g/mol. The standard InChI is InChI=1S/C9H10N2OS2/c1-6(2)14-8-7(5-12)11-3-4-13-9(11)10-8/h3-6H,1-2H3. The highest BCUT2D eigenvalue weighted by atomic mass is 32.2. The zero-order valence-electron chi connectivity index (χ0n) is 7.93. The van der Waals surface area contributed by atoms with E-state index in [9.17, 15) is 4.79 Å². The summed E-state index contributed by atoms with van der Waals surface area (Å²) in [6.07, 6.45) is 2.75. The van der Waals surface area contributed by atoms with E-state index in [1.54, 1.807) is 23.1 Å². The predicted molar refractivity (Wildman–Crippen MR) is 59.4 cm³/mol. The number of imidazole rings is 1. The number of aromatic nitrogens is 2. The SMILES string of the molecule is CC(C)Sc1nc2sccn2c1C=O. The number of hydrogen-bond acceptors (Lipinski definition) is 4. The Kier molecular flexibility index (Phi) is 2.60. The topological polar surface area (TPSA) is 34.4 Å². The lowest BCUT2D eigenvalue weighted by atomic mass is 10.5. The number of aldehydes is 1. The summed E-state index contributed by atoms with van der Waals surface area (Å²) in [5.41, 5.74) is 0.667. The first-order valence-electron chi connectivity index (χ1n) is 4.29. The van der Waals surface area contributed by atoms with Gasteiger partial charge in [-0.2, -0.15) is 0 Å². The van der Waals surface area contributed by atoms with Gasteiger partial charge in [0.2, 0.25) is 0 Å². The third kappa shape index (κ3) is 1.57. The molecular formula is C9H10N2OS2. The molecule has 0 amide bonds. The van der Waals surface area contributed by atoms with Crippen LogP contribution in [0.25, 0.3) is 4.96 Å². The van der Waals surface area contributed by atoms with Crippen molar-refractivity contribution in [2.45, 2.75) is 24.1 Å². The summed E-state index contributed by atoms with van der Waals surface area (Å²) in [5.74, 6) is 0. The Labute approximate surface area is 90.2 Å². The number of carbonyl (C=O) groups excluding carboxylic acids is 1. The van der Waals surface area contributed by atoms with Crippen molar-refractivity contribution in [2.24, 2.45) is 0 Å². The molecule has 0 aliphatic carbocycles. The van der Waals surface area contributed by atoms with Gasteiger partial charge in [0, 0.05) is 16.8 Å². The Hall–Kier alpha value is -0.810. The second kappa shape index (κ2) is 3.74. The van der Waals surface area contributed by atoms with Crippen molar-refractivity contribution in [1.29, 1.82) is 0 Å². The molecule has 0 saturated carbocycles. The number of thioether (sulfide) groups is 1. The molecule has 3 nitrogen and oxygen atoms in total. The first-order chi connectivity index (χ1) is 6.72. The normalized spacial score (nSPS) is 11.4. The van der Waals surface area contributed by atoms with E-state index < -0.39 is 0 Å². The molecule has 0 saturated heterocycles. The molecule has 2 aromatic heterocycles. The molecule has 2 heterocycles. The quantitative estimate of drug-likeness (QED) is 0.596.